The molecule has 1 aromatic heterocycles. The van der Waals surface area contributed by atoms with Crippen LogP contribution in [0.3, 0.4) is 0 Å². The van der Waals surface area contributed by atoms with Gasteiger partial charge in [0, 0.05) is 42.4 Å². The van der Waals surface area contributed by atoms with Crippen LogP contribution >= 0.6 is 0 Å². The molecule has 1 aliphatic rings. The van der Waals surface area contributed by atoms with E-state index >= 15 is 0 Å². The molecule has 128 valence electrons. The molecule has 4 heteroatoms. The van der Waals surface area contributed by atoms with Gasteiger partial charge in [-0.25, -0.2) is 0 Å². The van der Waals surface area contributed by atoms with Crippen molar-refractivity contribution in [1.29, 1.82) is 0 Å². The molecular formula is C20H26N2O2. The minimum Gasteiger partial charge on any atom is -0.381 e. The van der Waals surface area contributed by atoms with E-state index < -0.39 is 0 Å². The number of nitrogens with zero attached hydrogens (tertiary/aromatic N) is 1. The van der Waals surface area contributed by atoms with Gasteiger partial charge in [0.2, 0.25) is 0 Å². The van der Waals surface area contributed by atoms with E-state index in [-0.39, 0.29) is 5.91 Å². The summed E-state index contributed by atoms with van der Waals surface area (Å²) in [6.45, 7) is 6.43. The highest BCUT2D eigenvalue weighted by Crippen LogP contribution is 2.28. The van der Waals surface area contributed by atoms with Crippen LogP contribution in [0.15, 0.2) is 36.4 Å². The molecule has 24 heavy (non-hydrogen) atoms. The summed E-state index contributed by atoms with van der Waals surface area (Å²) >= 11 is 0. The van der Waals surface area contributed by atoms with Gasteiger partial charge in [0.25, 0.3) is 5.91 Å². The lowest BCUT2D eigenvalue weighted by atomic mass is 10.2. The number of carbonyl (C=O) groups excluding carboxylic acids is 1. The minimum absolute atomic E-state index is 0.0234. The molecule has 1 N–H and O–H groups in total. The molecule has 2 aromatic rings. The van der Waals surface area contributed by atoms with E-state index in [1.807, 2.05) is 24.3 Å². The van der Waals surface area contributed by atoms with E-state index in [1.165, 1.54) is 24.2 Å². The van der Waals surface area contributed by atoms with Crippen LogP contribution in [0.1, 0.15) is 41.0 Å². The van der Waals surface area contributed by atoms with E-state index in [0.29, 0.717) is 12.1 Å². The van der Waals surface area contributed by atoms with Gasteiger partial charge >= 0.3 is 0 Å². The molecule has 1 fully saturated rings. The molecule has 0 unspecified atom stereocenters. The van der Waals surface area contributed by atoms with Crippen molar-refractivity contribution in [3.8, 4) is 5.69 Å². The van der Waals surface area contributed by atoms with Gasteiger partial charge in [0.15, 0.2) is 0 Å². The number of amides is 1. The Kier molecular flexibility index (Phi) is 5.36. The Labute approximate surface area is 143 Å². The Hall–Kier alpha value is -2.07. The van der Waals surface area contributed by atoms with Crippen LogP contribution in [0, 0.1) is 19.8 Å². The molecule has 1 aromatic carbocycles. The number of benzene rings is 1. The van der Waals surface area contributed by atoms with Gasteiger partial charge in [-0.2, -0.15) is 0 Å². The molecule has 0 atom stereocenters. The average molecular weight is 326 g/mol. The Balaban J connectivity index is 1.46. The van der Waals surface area contributed by atoms with E-state index in [9.17, 15) is 4.79 Å². The first kappa shape index (κ1) is 16.8. The van der Waals surface area contributed by atoms with Gasteiger partial charge in [0.1, 0.15) is 0 Å². The second kappa shape index (κ2) is 7.67. The van der Waals surface area contributed by atoms with Crippen molar-refractivity contribution in [2.24, 2.45) is 5.92 Å². The molecule has 1 amide bonds. The molecule has 0 saturated heterocycles. The molecule has 1 saturated carbocycles. The molecule has 3 rings (SSSR count). The third-order valence-electron chi connectivity index (χ3n) is 4.46. The molecular weight excluding hydrogens is 300 g/mol. The van der Waals surface area contributed by atoms with Gasteiger partial charge in [-0.1, -0.05) is 0 Å². The summed E-state index contributed by atoms with van der Waals surface area (Å²) in [5, 5.41) is 2.95. The average Bonchev–Trinajstić information content (AvgIpc) is 3.35. The van der Waals surface area contributed by atoms with Crippen LogP contribution in [0.2, 0.25) is 0 Å². The summed E-state index contributed by atoms with van der Waals surface area (Å²) in [5.74, 6) is 0.773. The normalized spacial score (nSPS) is 13.9. The zero-order valence-corrected chi connectivity index (χ0v) is 14.5. The quantitative estimate of drug-likeness (QED) is 0.753. The predicted octanol–water partition coefficient (Wildman–Crippen LogP) is 3.64. The number of hydrogen-bond acceptors (Lipinski definition) is 2. The van der Waals surface area contributed by atoms with E-state index in [1.54, 1.807) is 0 Å². The lowest BCUT2D eigenvalue weighted by Gasteiger charge is -2.10. The molecule has 1 heterocycles. The van der Waals surface area contributed by atoms with Gasteiger partial charge in [0.05, 0.1) is 0 Å². The number of nitrogens with one attached hydrogen (secondary N) is 1. The highest BCUT2D eigenvalue weighted by Gasteiger charge is 2.20. The summed E-state index contributed by atoms with van der Waals surface area (Å²) in [5.41, 5.74) is 4.16. The van der Waals surface area contributed by atoms with Crippen molar-refractivity contribution >= 4 is 5.91 Å². The fraction of sp³-hybridized carbons (Fsp3) is 0.450. The van der Waals surface area contributed by atoms with Crippen molar-refractivity contribution in [2.75, 3.05) is 19.8 Å². The molecule has 1 aliphatic carbocycles. The summed E-state index contributed by atoms with van der Waals surface area (Å²) < 4.78 is 7.75. The van der Waals surface area contributed by atoms with Crippen LogP contribution < -0.4 is 5.32 Å². The lowest BCUT2D eigenvalue weighted by Crippen LogP contribution is -2.25. The first-order valence-electron chi connectivity index (χ1n) is 8.76. The summed E-state index contributed by atoms with van der Waals surface area (Å²) in [6, 6.07) is 11.9. The van der Waals surface area contributed by atoms with E-state index in [0.717, 1.165) is 31.2 Å². The third-order valence-corrected chi connectivity index (χ3v) is 4.46. The van der Waals surface area contributed by atoms with E-state index in [4.69, 9.17) is 4.74 Å². The number of aryl methyl sites for hydroxylation is 2. The van der Waals surface area contributed by atoms with Crippen LogP contribution in [0.4, 0.5) is 0 Å². The SMILES string of the molecule is Cc1ccc(C)n1-c1ccc(C(=O)NCCCOCC2CC2)cc1. The Bertz CT molecular complexity index is 665. The molecule has 0 bridgehead atoms. The Morgan fingerprint density at radius 1 is 1.12 bits per heavy atom. The topological polar surface area (TPSA) is 43.3 Å². The molecule has 4 nitrogen and oxygen atoms in total. The number of aromatic nitrogens is 1. The Morgan fingerprint density at radius 3 is 2.42 bits per heavy atom. The van der Waals surface area contributed by atoms with Crippen LogP contribution in [0.25, 0.3) is 5.69 Å². The van der Waals surface area contributed by atoms with Gasteiger partial charge in [-0.05, 0) is 75.4 Å². The second-order valence-corrected chi connectivity index (χ2v) is 6.63. The van der Waals surface area contributed by atoms with Gasteiger partial charge < -0.3 is 14.6 Å². The zero-order chi connectivity index (χ0) is 16.9. The maximum atomic E-state index is 12.2. The van der Waals surface area contributed by atoms with Crippen molar-refractivity contribution < 1.29 is 9.53 Å². The van der Waals surface area contributed by atoms with Crippen LogP contribution in [0.5, 0.6) is 0 Å². The smallest absolute Gasteiger partial charge is 0.251 e. The van der Waals surface area contributed by atoms with Gasteiger partial charge in [-0.15, -0.1) is 0 Å². The second-order valence-electron chi connectivity index (χ2n) is 6.63. The fourth-order valence-electron chi connectivity index (χ4n) is 2.85. The highest BCUT2D eigenvalue weighted by atomic mass is 16.5. The monoisotopic (exact) mass is 326 g/mol. The molecule has 0 radical (unpaired) electrons. The number of carbonyl (C=O) groups is 1. The Morgan fingerprint density at radius 2 is 1.79 bits per heavy atom. The van der Waals surface area contributed by atoms with Crippen molar-refractivity contribution in [2.45, 2.75) is 33.1 Å². The fourth-order valence-corrected chi connectivity index (χ4v) is 2.85. The maximum absolute atomic E-state index is 12.2. The van der Waals surface area contributed by atoms with Crippen molar-refractivity contribution in [3.63, 3.8) is 0 Å². The van der Waals surface area contributed by atoms with Crippen molar-refractivity contribution in [1.82, 2.24) is 9.88 Å². The number of rotatable bonds is 8. The lowest BCUT2D eigenvalue weighted by molar-refractivity contribution is 0.0937. The highest BCUT2D eigenvalue weighted by molar-refractivity contribution is 5.94. The molecule has 0 spiro atoms. The van der Waals surface area contributed by atoms with Crippen LogP contribution in [-0.4, -0.2) is 30.2 Å². The third kappa shape index (κ3) is 4.26. The summed E-state index contributed by atoms with van der Waals surface area (Å²) in [4.78, 5) is 12.2. The number of hydrogen-bond donors (Lipinski definition) is 1. The first-order chi connectivity index (χ1) is 11.6. The summed E-state index contributed by atoms with van der Waals surface area (Å²) in [6.07, 6.45) is 3.49. The zero-order valence-electron chi connectivity index (χ0n) is 14.5. The standard InChI is InChI=1S/C20H26N2O2/c1-15-4-5-16(2)22(15)19-10-8-18(9-11-19)20(23)21-12-3-13-24-14-17-6-7-17/h4-5,8-11,17H,3,6-7,12-14H2,1-2H3,(H,21,23). The minimum atomic E-state index is -0.0234. The number of ether oxygens (including phenoxy) is 1. The van der Waals surface area contributed by atoms with Crippen LogP contribution in [-0.2, 0) is 4.74 Å². The summed E-state index contributed by atoms with van der Waals surface area (Å²) in [7, 11) is 0. The van der Waals surface area contributed by atoms with E-state index in [2.05, 4.69) is 35.9 Å². The maximum Gasteiger partial charge on any atom is 0.251 e. The largest absolute Gasteiger partial charge is 0.381 e. The predicted molar refractivity (Wildman–Crippen MR) is 95.7 cm³/mol. The van der Waals surface area contributed by atoms with Gasteiger partial charge in [-0.3, -0.25) is 4.79 Å². The van der Waals surface area contributed by atoms with Crippen molar-refractivity contribution in [3.05, 3.63) is 53.3 Å². The first-order valence-corrected chi connectivity index (χ1v) is 8.76. The molecule has 0 aliphatic heterocycles.